The molecule has 0 saturated carbocycles. The first-order chi connectivity index (χ1) is 8.79. The fourth-order valence-corrected chi connectivity index (χ4v) is 1.97. The van der Waals surface area contributed by atoms with Gasteiger partial charge in [0.25, 0.3) is 5.22 Å². The Balaban J connectivity index is 1.74. The largest absolute Gasteiger partial charge is 0.492 e. The van der Waals surface area contributed by atoms with E-state index in [0.717, 1.165) is 17.1 Å². The molecular formula is C12H15N3O2S. The Hall–Kier alpha value is -1.53. The second-order valence-corrected chi connectivity index (χ2v) is 4.67. The minimum Gasteiger partial charge on any atom is -0.492 e. The Kier molecular flexibility index (Phi) is 4.60. The van der Waals surface area contributed by atoms with Gasteiger partial charge in [0, 0.05) is 5.75 Å². The fraction of sp³-hybridized carbons (Fsp3) is 0.333. The van der Waals surface area contributed by atoms with Gasteiger partial charge in [-0.05, 0) is 18.6 Å². The van der Waals surface area contributed by atoms with Gasteiger partial charge in [-0.3, -0.25) is 0 Å². The molecule has 1 aromatic carbocycles. The second-order valence-electron chi connectivity index (χ2n) is 3.63. The summed E-state index contributed by atoms with van der Waals surface area (Å²) in [6, 6.07) is 7.93. The minimum atomic E-state index is 0.271. The highest BCUT2D eigenvalue weighted by molar-refractivity contribution is 7.99. The highest BCUT2D eigenvalue weighted by Gasteiger charge is 2.05. The van der Waals surface area contributed by atoms with Crippen molar-refractivity contribution in [2.24, 2.45) is 5.73 Å². The summed E-state index contributed by atoms with van der Waals surface area (Å²) in [5.41, 5.74) is 6.51. The summed E-state index contributed by atoms with van der Waals surface area (Å²) in [5.74, 6) is 2.11. The summed E-state index contributed by atoms with van der Waals surface area (Å²) in [6.45, 7) is 2.89. The van der Waals surface area contributed by atoms with Crippen molar-refractivity contribution in [3.05, 3.63) is 35.7 Å². The van der Waals surface area contributed by atoms with Crippen molar-refractivity contribution in [3.8, 4) is 5.75 Å². The van der Waals surface area contributed by atoms with Crippen molar-refractivity contribution >= 4 is 11.8 Å². The predicted molar refractivity (Wildman–Crippen MR) is 69.6 cm³/mol. The second kappa shape index (κ2) is 6.42. The lowest BCUT2D eigenvalue weighted by Gasteiger charge is -2.07. The zero-order chi connectivity index (χ0) is 12.8. The molecule has 96 valence electrons. The van der Waals surface area contributed by atoms with Gasteiger partial charge in [-0.1, -0.05) is 30.0 Å². The Morgan fingerprint density at radius 1 is 1.33 bits per heavy atom. The summed E-state index contributed by atoms with van der Waals surface area (Å²) in [7, 11) is 0. The van der Waals surface area contributed by atoms with Crippen LogP contribution in [0, 0.1) is 6.92 Å². The number of aromatic nitrogens is 2. The molecule has 0 aliphatic heterocycles. The van der Waals surface area contributed by atoms with Crippen molar-refractivity contribution in [2.45, 2.75) is 18.7 Å². The van der Waals surface area contributed by atoms with Crippen LogP contribution in [-0.2, 0) is 6.54 Å². The smallest absolute Gasteiger partial charge is 0.276 e. The molecule has 18 heavy (non-hydrogen) atoms. The van der Waals surface area contributed by atoms with Gasteiger partial charge in [-0.2, -0.15) is 0 Å². The molecule has 0 unspecified atom stereocenters. The van der Waals surface area contributed by atoms with E-state index in [1.807, 2.05) is 31.2 Å². The Morgan fingerprint density at radius 2 is 2.17 bits per heavy atom. The number of nitrogens with two attached hydrogens (primary N) is 1. The van der Waals surface area contributed by atoms with Gasteiger partial charge in [0.15, 0.2) is 0 Å². The minimum absolute atomic E-state index is 0.271. The lowest BCUT2D eigenvalue weighted by atomic mass is 10.2. The summed E-state index contributed by atoms with van der Waals surface area (Å²) < 4.78 is 10.9. The number of para-hydroxylation sites is 1. The van der Waals surface area contributed by atoms with Gasteiger partial charge in [0.1, 0.15) is 5.75 Å². The Bertz CT molecular complexity index is 502. The molecule has 2 rings (SSSR count). The number of ether oxygens (including phenoxy) is 1. The number of hydrogen-bond donors (Lipinski definition) is 1. The van der Waals surface area contributed by atoms with E-state index in [0.29, 0.717) is 17.7 Å². The first-order valence-corrected chi connectivity index (χ1v) is 6.62. The molecule has 2 N–H and O–H groups in total. The summed E-state index contributed by atoms with van der Waals surface area (Å²) in [4.78, 5) is 0. The summed E-state index contributed by atoms with van der Waals surface area (Å²) in [6.07, 6.45) is 0. The molecule has 0 aliphatic carbocycles. The van der Waals surface area contributed by atoms with E-state index in [1.165, 1.54) is 11.8 Å². The molecule has 0 saturated heterocycles. The van der Waals surface area contributed by atoms with Gasteiger partial charge >= 0.3 is 0 Å². The molecule has 5 nitrogen and oxygen atoms in total. The van der Waals surface area contributed by atoms with Crippen LogP contribution in [0.5, 0.6) is 5.75 Å². The zero-order valence-electron chi connectivity index (χ0n) is 10.1. The standard InChI is InChI=1S/C12H15N3O2S/c1-9-4-2-3-5-10(9)16-6-7-18-12-15-14-11(8-13)17-12/h2-5H,6-8,13H2,1H3. The molecule has 1 aromatic heterocycles. The van der Waals surface area contributed by atoms with Crippen LogP contribution in [0.4, 0.5) is 0 Å². The van der Waals surface area contributed by atoms with Crippen LogP contribution in [0.15, 0.2) is 33.9 Å². The maximum Gasteiger partial charge on any atom is 0.276 e. The molecule has 0 amide bonds. The third kappa shape index (κ3) is 3.48. The van der Waals surface area contributed by atoms with E-state index >= 15 is 0 Å². The lowest BCUT2D eigenvalue weighted by molar-refractivity contribution is 0.340. The average molecular weight is 265 g/mol. The third-order valence-electron chi connectivity index (χ3n) is 2.28. The van der Waals surface area contributed by atoms with Crippen molar-refractivity contribution in [1.82, 2.24) is 10.2 Å². The van der Waals surface area contributed by atoms with Crippen LogP contribution in [-0.4, -0.2) is 22.6 Å². The van der Waals surface area contributed by atoms with Gasteiger partial charge in [0.05, 0.1) is 13.2 Å². The van der Waals surface area contributed by atoms with Crippen LogP contribution >= 0.6 is 11.8 Å². The van der Waals surface area contributed by atoms with Crippen molar-refractivity contribution in [3.63, 3.8) is 0 Å². The molecule has 0 aliphatic rings. The molecule has 0 atom stereocenters. The average Bonchev–Trinajstić information content (AvgIpc) is 2.84. The molecule has 0 radical (unpaired) electrons. The van der Waals surface area contributed by atoms with Gasteiger partial charge in [-0.25, -0.2) is 0 Å². The summed E-state index contributed by atoms with van der Waals surface area (Å²) in [5, 5.41) is 8.17. The lowest BCUT2D eigenvalue weighted by Crippen LogP contribution is -2.01. The highest BCUT2D eigenvalue weighted by Crippen LogP contribution is 2.18. The molecule has 0 spiro atoms. The number of aryl methyl sites for hydroxylation is 1. The van der Waals surface area contributed by atoms with Crippen molar-refractivity contribution in [2.75, 3.05) is 12.4 Å². The van der Waals surface area contributed by atoms with Gasteiger partial charge in [-0.15, -0.1) is 10.2 Å². The molecule has 2 aromatic rings. The van der Waals surface area contributed by atoms with Crippen LogP contribution in [0.2, 0.25) is 0 Å². The van der Waals surface area contributed by atoms with E-state index in [-0.39, 0.29) is 6.54 Å². The Labute approximate surface area is 110 Å². The topological polar surface area (TPSA) is 74.2 Å². The van der Waals surface area contributed by atoms with Gasteiger partial charge in [0.2, 0.25) is 5.89 Å². The van der Waals surface area contributed by atoms with E-state index < -0.39 is 0 Å². The molecule has 1 heterocycles. The molecule has 6 heteroatoms. The van der Waals surface area contributed by atoms with Crippen LogP contribution in [0.25, 0.3) is 0 Å². The number of rotatable bonds is 6. The van der Waals surface area contributed by atoms with Crippen LogP contribution in [0.3, 0.4) is 0 Å². The van der Waals surface area contributed by atoms with Crippen LogP contribution in [0.1, 0.15) is 11.5 Å². The number of hydrogen-bond acceptors (Lipinski definition) is 6. The quantitative estimate of drug-likeness (QED) is 0.636. The summed E-state index contributed by atoms with van der Waals surface area (Å²) >= 11 is 1.46. The van der Waals surface area contributed by atoms with Gasteiger partial charge < -0.3 is 14.9 Å². The number of thioether (sulfide) groups is 1. The van der Waals surface area contributed by atoms with Crippen molar-refractivity contribution in [1.29, 1.82) is 0 Å². The SMILES string of the molecule is Cc1ccccc1OCCSc1nnc(CN)o1. The van der Waals surface area contributed by atoms with E-state index in [2.05, 4.69) is 10.2 Å². The van der Waals surface area contributed by atoms with E-state index in [1.54, 1.807) is 0 Å². The van der Waals surface area contributed by atoms with Crippen LogP contribution < -0.4 is 10.5 Å². The molecule has 0 bridgehead atoms. The molecular weight excluding hydrogens is 250 g/mol. The normalized spacial score (nSPS) is 10.6. The highest BCUT2D eigenvalue weighted by atomic mass is 32.2. The predicted octanol–water partition coefficient (Wildman–Crippen LogP) is 2.01. The third-order valence-corrected chi connectivity index (χ3v) is 3.07. The zero-order valence-corrected chi connectivity index (χ0v) is 10.9. The van der Waals surface area contributed by atoms with E-state index in [4.69, 9.17) is 14.9 Å². The number of nitrogens with zero attached hydrogens (tertiary/aromatic N) is 2. The van der Waals surface area contributed by atoms with Crippen molar-refractivity contribution < 1.29 is 9.15 Å². The maximum absolute atomic E-state index is 5.66. The maximum atomic E-state index is 5.66. The monoisotopic (exact) mass is 265 g/mol. The Morgan fingerprint density at radius 3 is 2.89 bits per heavy atom. The first-order valence-electron chi connectivity index (χ1n) is 5.63. The van der Waals surface area contributed by atoms with E-state index in [9.17, 15) is 0 Å². The number of benzene rings is 1. The fourth-order valence-electron chi connectivity index (χ4n) is 1.38. The first kappa shape index (κ1) is 12.9. The molecule has 0 fully saturated rings.